The van der Waals surface area contributed by atoms with Gasteiger partial charge in [0.25, 0.3) is 0 Å². The Labute approximate surface area is 247 Å². The van der Waals surface area contributed by atoms with E-state index in [1.165, 1.54) is 89.9 Å². The second kappa shape index (κ2) is 31.9. The Hall–Kier alpha value is -1.62. The predicted molar refractivity (Wildman–Crippen MR) is 168 cm³/mol. The SMILES string of the molecule is CCCC/C=C/CCCCCCCC(=O)OC[C@H](CO)OC(=O)CCCCCCC/C=C\CCCCCCCC. The lowest BCUT2D eigenvalue weighted by Gasteiger charge is -2.15. The molecule has 0 aromatic carbocycles. The third-order valence-corrected chi connectivity index (χ3v) is 7.22. The van der Waals surface area contributed by atoms with Gasteiger partial charge in [0.05, 0.1) is 6.61 Å². The van der Waals surface area contributed by atoms with Gasteiger partial charge < -0.3 is 14.6 Å². The molecule has 0 heterocycles. The molecule has 0 aliphatic rings. The zero-order chi connectivity index (χ0) is 29.4. The summed E-state index contributed by atoms with van der Waals surface area (Å²) in [4.78, 5) is 24.1. The molecule has 5 heteroatoms. The van der Waals surface area contributed by atoms with Crippen LogP contribution in [0.15, 0.2) is 24.3 Å². The molecule has 0 aromatic rings. The molecule has 0 rings (SSSR count). The Morgan fingerprint density at radius 2 is 0.950 bits per heavy atom. The highest BCUT2D eigenvalue weighted by atomic mass is 16.6. The summed E-state index contributed by atoms with van der Waals surface area (Å²) in [5, 5.41) is 9.49. The van der Waals surface area contributed by atoms with Gasteiger partial charge in [-0.05, 0) is 57.8 Å². The van der Waals surface area contributed by atoms with E-state index in [0.717, 1.165) is 51.4 Å². The zero-order valence-electron chi connectivity index (χ0n) is 26.4. The van der Waals surface area contributed by atoms with Crippen molar-refractivity contribution in [3.8, 4) is 0 Å². The highest BCUT2D eigenvalue weighted by Gasteiger charge is 2.16. The van der Waals surface area contributed by atoms with Crippen LogP contribution >= 0.6 is 0 Å². The molecule has 5 nitrogen and oxygen atoms in total. The van der Waals surface area contributed by atoms with Crippen molar-refractivity contribution >= 4 is 11.9 Å². The van der Waals surface area contributed by atoms with Crippen LogP contribution in [-0.2, 0) is 19.1 Å². The molecule has 0 amide bonds. The van der Waals surface area contributed by atoms with Gasteiger partial charge in [-0.1, -0.05) is 122 Å². The van der Waals surface area contributed by atoms with Crippen LogP contribution in [-0.4, -0.2) is 36.4 Å². The fourth-order valence-corrected chi connectivity index (χ4v) is 4.59. The molecule has 1 atom stereocenters. The van der Waals surface area contributed by atoms with E-state index in [4.69, 9.17) is 9.47 Å². The van der Waals surface area contributed by atoms with E-state index >= 15 is 0 Å². The number of hydrogen-bond donors (Lipinski definition) is 1. The quantitative estimate of drug-likeness (QED) is 0.0534. The van der Waals surface area contributed by atoms with Gasteiger partial charge >= 0.3 is 11.9 Å². The van der Waals surface area contributed by atoms with Crippen molar-refractivity contribution in [2.75, 3.05) is 13.2 Å². The molecular formula is C35H64O5. The van der Waals surface area contributed by atoms with Crippen molar-refractivity contribution in [3.05, 3.63) is 24.3 Å². The first-order chi connectivity index (χ1) is 19.6. The molecule has 0 spiro atoms. The highest BCUT2D eigenvalue weighted by Crippen LogP contribution is 2.12. The number of aliphatic hydroxyl groups is 1. The average Bonchev–Trinajstić information content (AvgIpc) is 2.96. The number of unbranched alkanes of at least 4 members (excludes halogenated alkanes) is 18. The zero-order valence-corrected chi connectivity index (χ0v) is 26.4. The maximum absolute atomic E-state index is 12.1. The molecule has 0 aromatic heterocycles. The Balaban J connectivity index is 3.60. The summed E-state index contributed by atoms with van der Waals surface area (Å²) >= 11 is 0. The van der Waals surface area contributed by atoms with Crippen molar-refractivity contribution in [3.63, 3.8) is 0 Å². The van der Waals surface area contributed by atoms with E-state index in [9.17, 15) is 14.7 Å². The van der Waals surface area contributed by atoms with E-state index in [1.54, 1.807) is 0 Å². The van der Waals surface area contributed by atoms with Crippen molar-refractivity contribution in [2.24, 2.45) is 0 Å². The lowest BCUT2D eigenvalue weighted by atomic mass is 10.1. The van der Waals surface area contributed by atoms with Crippen LogP contribution in [0, 0.1) is 0 Å². The van der Waals surface area contributed by atoms with Crippen LogP contribution in [0.2, 0.25) is 0 Å². The first kappa shape index (κ1) is 38.4. The van der Waals surface area contributed by atoms with Gasteiger partial charge in [0.2, 0.25) is 0 Å². The first-order valence-electron chi connectivity index (χ1n) is 16.9. The van der Waals surface area contributed by atoms with Crippen molar-refractivity contribution in [2.45, 2.75) is 174 Å². The molecule has 0 aliphatic heterocycles. The van der Waals surface area contributed by atoms with Gasteiger partial charge in [-0.15, -0.1) is 0 Å². The molecule has 0 fully saturated rings. The Kier molecular flexibility index (Phi) is 30.6. The number of aliphatic hydroxyl groups excluding tert-OH is 1. The lowest BCUT2D eigenvalue weighted by molar-refractivity contribution is -0.161. The fraction of sp³-hybridized carbons (Fsp3) is 0.829. The molecule has 0 radical (unpaired) electrons. The van der Waals surface area contributed by atoms with Gasteiger partial charge in [0, 0.05) is 12.8 Å². The summed E-state index contributed by atoms with van der Waals surface area (Å²) in [6.45, 7) is 4.06. The van der Waals surface area contributed by atoms with Crippen LogP contribution in [0.4, 0.5) is 0 Å². The van der Waals surface area contributed by atoms with E-state index < -0.39 is 6.10 Å². The third kappa shape index (κ3) is 29.4. The number of allylic oxidation sites excluding steroid dienone is 4. The fourth-order valence-electron chi connectivity index (χ4n) is 4.59. The number of rotatable bonds is 30. The number of esters is 2. The van der Waals surface area contributed by atoms with Crippen LogP contribution in [0.1, 0.15) is 168 Å². The molecule has 0 saturated heterocycles. The molecule has 0 bridgehead atoms. The molecule has 40 heavy (non-hydrogen) atoms. The Morgan fingerprint density at radius 3 is 1.43 bits per heavy atom. The minimum atomic E-state index is -0.773. The van der Waals surface area contributed by atoms with Crippen LogP contribution in [0.25, 0.3) is 0 Å². The normalized spacial score (nSPS) is 12.4. The Morgan fingerprint density at radius 1 is 0.550 bits per heavy atom. The van der Waals surface area contributed by atoms with E-state index in [0.29, 0.717) is 12.8 Å². The summed E-state index contributed by atoms with van der Waals surface area (Å²) in [7, 11) is 0. The summed E-state index contributed by atoms with van der Waals surface area (Å²) in [5.41, 5.74) is 0. The topological polar surface area (TPSA) is 72.8 Å². The molecular weight excluding hydrogens is 500 g/mol. The van der Waals surface area contributed by atoms with Gasteiger partial charge in [0.1, 0.15) is 6.61 Å². The second-order valence-corrected chi connectivity index (χ2v) is 11.2. The van der Waals surface area contributed by atoms with Gasteiger partial charge in [0.15, 0.2) is 6.10 Å². The number of carbonyl (C=O) groups excluding carboxylic acids is 2. The van der Waals surface area contributed by atoms with Gasteiger partial charge in [-0.2, -0.15) is 0 Å². The second-order valence-electron chi connectivity index (χ2n) is 11.2. The minimum Gasteiger partial charge on any atom is -0.462 e. The summed E-state index contributed by atoms with van der Waals surface area (Å²) < 4.78 is 10.5. The van der Waals surface area contributed by atoms with Crippen molar-refractivity contribution in [1.82, 2.24) is 0 Å². The van der Waals surface area contributed by atoms with Gasteiger partial charge in [-0.25, -0.2) is 0 Å². The minimum absolute atomic E-state index is 0.0716. The lowest BCUT2D eigenvalue weighted by Crippen LogP contribution is -2.28. The Bertz CT molecular complexity index is 613. The molecule has 0 saturated carbocycles. The maximum atomic E-state index is 12.1. The van der Waals surface area contributed by atoms with E-state index in [-0.39, 0.29) is 25.2 Å². The number of hydrogen-bond acceptors (Lipinski definition) is 5. The number of carbonyl (C=O) groups is 2. The molecule has 0 aliphatic carbocycles. The van der Waals surface area contributed by atoms with Crippen LogP contribution < -0.4 is 0 Å². The van der Waals surface area contributed by atoms with Crippen LogP contribution in [0.5, 0.6) is 0 Å². The van der Waals surface area contributed by atoms with Crippen LogP contribution in [0.3, 0.4) is 0 Å². The first-order valence-corrected chi connectivity index (χ1v) is 16.9. The number of ether oxygens (including phenoxy) is 2. The van der Waals surface area contributed by atoms with Crippen molar-refractivity contribution < 1.29 is 24.2 Å². The maximum Gasteiger partial charge on any atom is 0.306 e. The summed E-state index contributed by atoms with van der Waals surface area (Å²) in [5.74, 6) is -0.612. The van der Waals surface area contributed by atoms with E-state index in [1.807, 2.05) is 0 Å². The molecule has 0 unspecified atom stereocenters. The average molecular weight is 565 g/mol. The molecule has 234 valence electrons. The monoisotopic (exact) mass is 564 g/mol. The van der Waals surface area contributed by atoms with Gasteiger partial charge in [-0.3, -0.25) is 9.59 Å². The summed E-state index contributed by atoms with van der Waals surface area (Å²) in [6, 6.07) is 0. The van der Waals surface area contributed by atoms with E-state index in [2.05, 4.69) is 38.2 Å². The highest BCUT2D eigenvalue weighted by molar-refractivity contribution is 5.70. The third-order valence-electron chi connectivity index (χ3n) is 7.22. The summed E-state index contributed by atoms with van der Waals surface area (Å²) in [6.07, 6.45) is 35.1. The standard InChI is InChI=1S/C35H64O5/c1-3-5-7-9-11-13-15-16-17-18-20-22-24-26-28-30-35(38)40-33(31-36)32-39-34(37)29-27-25-23-21-19-14-12-10-8-6-4-2/h10,12,16-17,33,36H,3-9,11,13-15,18-32H2,1-2H3/b12-10+,17-16-/t33-/m0/s1. The largest absolute Gasteiger partial charge is 0.462 e. The molecule has 1 N–H and O–H groups in total. The smallest absolute Gasteiger partial charge is 0.306 e. The van der Waals surface area contributed by atoms with Crippen molar-refractivity contribution in [1.29, 1.82) is 0 Å². The predicted octanol–water partition coefficient (Wildman–Crippen LogP) is 9.95.